The van der Waals surface area contributed by atoms with E-state index >= 15 is 4.39 Å². The Morgan fingerprint density at radius 1 is 1.16 bits per heavy atom. The van der Waals surface area contributed by atoms with Gasteiger partial charge in [0.2, 0.25) is 0 Å². The zero-order valence-corrected chi connectivity index (χ0v) is 17.6. The molecule has 0 spiro atoms. The smallest absolute Gasteiger partial charge is 0.311 e. The number of fused-ring (bicyclic) bond motifs is 1. The number of carboxylic acid groups (broad SMARTS) is 1. The summed E-state index contributed by atoms with van der Waals surface area (Å²) in [4.78, 5) is 25.3. The SMILES string of the molecule is CCC(C)[C@H](C(=O)O)c1c(C)n(C(=O)c2ccc(Cl)c(F)c2)c2cc(F)c(O)c(F)c12. The van der Waals surface area contributed by atoms with Crippen molar-refractivity contribution in [2.45, 2.75) is 33.1 Å². The molecule has 0 saturated carbocycles. The number of phenolic OH excluding ortho intramolecular Hbond substituents is 1. The monoisotopic (exact) mass is 453 g/mol. The predicted molar refractivity (Wildman–Crippen MR) is 109 cm³/mol. The van der Waals surface area contributed by atoms with Gasteiger partial charge in [0.15, 0.2) is 17.4 Å². The van der Waals surface area contributed by atoms with Gasteiger partial charge in [-0.15, -0.1) is 0 Å². The Morgan fingerprint density at radius 2 is 1.81 bits per heavy atom. The highest BCUT2D eigenvalue weighted by Crippen LogP contribution is 2.41. The van der Waals surface area contributed by atoms with Crippen LogP contribution in [0.15, 0.2) is 24.3 Å². The lowest BCUT2D eigenvalue weighted by Crippen LogP contribution is -2.21. The van der Waals surface area contributed by atoms with Crippen LogP contribution in [-0.4, -0.2) is 26.7 Å². The maximum Gasteiger partial charge on any atom is 0.311 e. The summed E-state index contributed by atoms with van der Waals surface area (Å²) < 4.78 is 44.0. The van der Waals surface area contributed by atoms with Crippen LogP contribution in [0, 0.1) is 30.3 Å². The molecule has 0 saturated heterocycles. The molecule has 0 bridgehead atoms. The van der Waals surface area contributed by atoms with E-state index in [0.717, 1.165) is 22.8 Å². The molecular formula is C22H19ClF3NO4. The van der Waals surface area contributed by atoms with E-state index in [-0.39, 0.29) is 32.7 Å². The molecule has 2 aromatic carbocycles. The average molecular weight is 454 g/mol. The minimum absolute atomic E-state index is 0.0481. The highest BCUT2D eigenvalue weighted by Gasteiger charge is 2.35. The van der Waals surface area contributed by atoms with Gasteiger partial charge in [0.1, 0.15) is 5.82 Å². The van der Waals surface area contributed by atoms with Crippen molar-refractivity contribution in [3.8, 4) is 5.75 Å². The van der Waals surface area contributed by atoms with E-state index in [0.29, 0.717) is 6.42 Å². The molecule has 3 rings (SSSR count). The number of phenols is 1. The van der Waals surface area contributed by atoms with Crippen molar-refractivity contribution in [1.82, 2.24) is 4.57 Å². The van der Waals surface area contributed by atoms with Gasteiger partial charge >= 0.3 is 5.97 Å². The van der Waals surface area contributed by atoms with E-state index in [1.54, 1.807) is 13.8 Å². The molecule has 0 aliphatic carbocycles. The molecule has 5 nitrogen and oxygen atoms in total. The third-order valence-corrected chi connectivity index (χ3v) is 5.87. The van der Waals surface area contributed by atoms with E-state index in [9.17, 15) is 28.6 Å². The molecule has 0 aliphatic rings. The van der Waals surface area contributed by atoms with Crippen molar-refractivity contribution < 1.29 is 33.0 Å². The van der Waals surface area contributed by atoms with Gasteiger partial charge in [0, 0.05) is 22.7 Å². The van der Waals surface area contributed by atoms with E-state index in [4.69, 9.17) is 11.6 Å². The standard InChI is InChI=1S/C22H19ClF3NO4/c1-4-9(2)16(22(30)31)17-10(3)27(15-8-14(25)20(28)19(26)18(15)17)21(29)11-5-6-12(23)13(24)7-11/h5-9,16,28H,4H2,1-3H3,(H,30,31)/t9?,16-/m0/s1. The Hall–Kier alpha value is -3.00. The van der Waals surface area contributed by atoms with E-state index < -0.39 is 46.9 Å². The summed E-state index contributed by atoms with van der Waals surface area (Å²) in [7, 11) is 0. The Kier molecular flexibility index (Phi) is 6.04. The minimum Gasteiger partial charge on any atom is -0.503 e. The maximum absolute atomic E-state index is 15.0. The van der Waals surface area contributed by atoms with Crippen molar-refractivity contribution >= 4 is 34.4 Å². The minimum atomic E-state index is -1.36. The van der Waals surface area contributed by atoms with Gasteiger partial charge in [0.25, 0.3) is 5.91 Å². The molecule has 164 valence electrons. The van der Waals surface area contributed by atoms with Crippen molar-refractivity contribution in [3.63, 3.8) is 0 Å². The summed E-state index contributed by atoms with van der Waals surface area (Å²) >= 11 is 5.66. The van der Waals surface area contributed by atoms with Crippen LogP contribution in [0.3, 0.4) is 0 Å². The van der Waals surface area contributed by atoms with Gasteiger partial charge < -0.3 is 10.2 Å². The van der Waals surface area contributed by atoms with E-state index in [1.165, 1.54) is 13.0 Å². The molecule has 1 heterocycles. The van der Waals surface area contributed by atoms with Crippen molar-refractivity contribution in [3.05, 3.63) is 63.6 Å². The van der Waals surface area contributed by atoms with Gasteiger partial charge in [-0.05, 0) is 36.6 Å². The Bertz CT molecular complexity index is 1220. The number of carbonyl (C=O) groups excluding carboxylic acids is 1. The van der Waals surface area contributed by atoms with E-state index in [2.05, 4.69) is 0 Å². The van der Waals surface area contributed by atoms with Crippen molar-refractivity contribution in [2.75, 3.05) is 0 Å². The summed E-state index contributed by atoms with van der Waals surface area (Å²) in [6.07, 6.45) is 0.425. The lowest BCUT2D eigenvalue weighted by Gasteiger charge is -2.20. The number of hydrogen-bond donors (Lipinski definition) is 2. The maximum atomic E-state index is 15.0. The first-order valence-corrected chi connectivity index (χ1v) is 9.83. The van der Waals surface area contributed by atoms with Gasteiger partial charge in [-0.3, -0.25) is 14.2 Å². The molecule has 31 heavy (non-hydrogen) atoms. The number of aromatic nitrogens is 1. The van der Waals surface area contributed by atoms with Gasteiger partial charge in [-0.1, -0.05) is 31.9 Å². The highest BCUT2D eigenvalue weighted by molar-refractivity contribution is 6.30. The first-order chi connectivity index (χ1) is 14.5. The number of rotatable bonds is 5. The van der Waals surface area contributed by atoms with Gasteiger partial charge in [0.05, 0.1) is 16.5 Å². The average Bonchev–Trinajstić information content (AvgIpc) is 2.99. The van der Waals surface area contributed by atoms with E-state index in [1.807, 2.05) is 0 Å². The molecule has 1 aromatic heterocycles. The summed E-state index contributed by atoms with van der Waals surface area (Å²) in [5, 5.41) is 19.1. The summed E-state index contributed by atoms with van der Waals surface area (Å²) in [6, 6.07) is 4.05. The molecule has 9 heteroatoms. The summed E-state index contributed by atoms with van der Waals surface area (Å²) in [5.74, 6) is -8.61. The van der Waals surface area contributed by atoms with Crippen LogP contribution >= 0.6 is 11.6 Å². The molecule has 0 fully saturated rings. The zero-order valence-electron chi connectivity index (χ0n) is 16.8. The Labute approximate surface area is 180 Å². The molecular weight excluding hydrogens is 435 g/mol. The van der Waals surface area contributed by atoms with Crippen LogP contribution < -0.4 is 0 Å². The lowest BCUT2D eigenvalue weighted by molar-refractivity contribution is -0.140. The van der Waals surface area contributed by atoms with Gasteiger partial charge in [-0.2, -0.15) is 0 Å². The summed E-state index contributed by atoms with van der Waals surface area (Å²) in [5.41, 5.74) is -0.424. The zero-order chi connectivity index (χ0) is 23.2. The fraction of sp³-hybridized carbons (Fsp3) is 0.273. The van der Waals surface area contributed by atoms with Crippen LogP contribution in [-0.2, 0) is 4.79 Å². The molecule has 0 aliphatic heterocycles. The first-order valence-electron chi connectivity index (χ1n) is 9.45. The second kappa shape index (κ2) is 8.26. The van der Waals surface area contributed by atoms with Crippen molar-refractivity contribution in [1.29, 1.82) is 0 Å². The molecule has 1 unspecified atom stereocenters. The topological polar surface area (TPSA) is 79.5 Å². The quantitative estimate of drug-likeness (QED) is 0.524. The fourth-order valence-corrected chi connectivity index (χ4v) is 3.92. The molecule has 2 atom stereocenters. The summed E-state index contributed by atoms with van der Waals surface area (Å²) in [6.45, 7) is 4.80. The highest BCUT2D eigenvalue weighted by atomic mass is 35.5. The number of aromatic hydroxyl groups is 1. The Morgan fingerprint density at radius 3 is 2.35 bits per heavy atom. The molecule has 0 radical (unpaired) electrons. The number of carboxylic acids is 1. The van der Waals surface area contributed by atoms with Crippen LogP contribution in [0.1, 0.15) is 47.8 Å². The largest absolute Gasteiger partial charge is 0.503 e. The number of carbonyl (C=O) groups is 2. The number of halogens is 4. The van der Waals surface area contributed by atoms with Crippen LogP contribution in [0.5, 0.6) is 5.75 Å². The van der Waals surface area contributed by atoms with Crippen LogP contribution in [0.2, 0.25) is 5.02 Å². The predicted octanol–water partition coefficient (Wildman–Crippen LogP) is 5.63. The lowest BCUT2D eigenvalue weighted by atomic mass is 9.84. The normalized spacial score (nSPS) is 13.4. The third-order valence-electron chi connectivity index (χ3n) is 5.57. The molecule has 0 amide bonds. The number of aliphatic carboxylic acids is 1. The second-order valence-electron chi connectivity index (χ2n) is 7.39. The number of hydrogen-bond acceptors (Lipinski definition) is 3. The third kappa shape index (κ3) is 3.65. The van der Waals surface area contributed by atoms with Crippen LogP contribution in [0.25, 0.3) is 10.9 Å². The fourth-order valence-electron chi connectivity index (χ4n) is 3.80. The Balaban J connectivity index is 2.42. The number of benzene rings is 2. The molecule has 2 N–H and O–H groups in total. The number of nitrogens with zero attached hydrogens (tertiary/aromatic N) is 1. The van der Waals surface area contributed by atoms with Crippen molar-refractivity contribution in [2.24, 2.45) is 5.92 Å². The van der Waals surface area contributed by atoms with Gasteiger partial charge in [-0.25, -0.2) is 13.2 Å². The second-order valence-corrected chi connectivity index (χ2v) is 7.79. The first kappa shape index (κ1) is 22.7. The van der Waals surface area contributed by atoms with Crippen LogP contribution in [0.4, 0.5) is 13.2 Å². The molecule has 3 aromatic rings.